The maximum atomic E-state index is 12.3. The smallest absolute Gasteiger partial charge is 0.319 e. The average molecular weight is 421 g/mol. The van der Waals surface area contributed by atoms with Gasteiger partial charge in [-0.3, -0.25) is 14.4 Å². The van der Waals surface area contributed by atoms with E-state index in [4.69, 9.17) is 4.74 Å². The van der Waals surface area contributed by atoms with Gasteiger partial charge >= 0.3 is 5.97 Å². The second-order valence-electron chi connectivity index (χ2n) is 7.82. The summed E-state index contributed by atoms with van der Waals surface area (Å²) in [4.78, 5) is 36.7. The fourth-order valence-corrected chi connectivity index (χ4v) is 3.92. The zero-order valence-corrected chi connectivity index (χ0v) is 18.5. The van der Waals surface area contributed by atoms with Crippen LogP contribution in [-0.2, 0) is 19.1 Å². The molecule has 4 atom stereocenters. The molecule has 0 bridgehead atoms. The third-order valence-corrected chi connectivity index (χ3v) is 6.35. The molecule has 0 radical (unpaired) electrons. The number of hydrogen-bond donors (Lipinski definition) is 2. The molecule has 0 aliphatic heterocycles. The maximum Gasteiger partial charge on any atom is 0.319 e. The molecule has 2 amide bonds. The quantitative estimate of drug-likeness (QED) is 0.627. The summed E-state index contributed by atoms with van der Waals surface area (Å²) in [5, 5.41) is 5.26. The SMILES string of the molecule is Cc1ccc(NC(=O)CS[C@H](C)C(=O)O[C@H](C)C(=O)N[C@H]2CCCC[C@@H]2C)cc1. The Balaban J connectivity index is 1.72. The van der Waals surface area contributed by atoms with Crippen molar-refractivity contribution in [1.29, 1.82) is 0 Å². The van der Waals surface area contributed by atoms with Crippen molar-refractivity contribution in [2.45, 2.75) is 70.8 Å². The molecular weight excluding hydrogens is 388 g/mol. The third-order valence-electron chi connectivity index (χ3n) is 5.23. The summed E-state index contributed by atoms with van der Waals surface area (Å²) in [5.74, 6) is -0.360. The van der Waals surface area contributed by atoms with Gasteiger partial charge in [0.05, 0.1) is 5.75 Å². The van der Waals surface area contributed by atoms with Gasteiger partial charge in [0.1, 0.15) is 5.25 Å². The van der Waals surface area contributed by atoms with E-state index in [-0.39, 0.29) is 23.6 Å². The van der Waals surface area contributed by atoms with Crippen LogP contribution >= 0.6 is 11.8 Å². The van der Waals surface area contributed by atoms with Crippen molar-refractivity contribution in [2.75, 3.05) is 11.1 Å². The molecule has 2 N–H and O–H groups in total. The lowest BCUT2D eigenvalue weighted by molar-refractivity contribution is -0.154. The Bertz CT molecular complexity index is 707. The highest BCUT2D eigenvalue weighted by molar-refractivity contribution is 8.01. The van der Waals surface area contributed by atoms with E-state index in [0.717, 1.165) is 30.5 Å². The van der Waals surface area contributed by atoms with Crippen LogP contribution in [0, 0.1) is 12.8 Å². The van der Waals surface area contributed by atoms with Gasteiger partial charge < -0.3 is 15.4 Å². The van der Waals surface area contributed by atoms with Crippen LogP contribution in [0.5, 0.6) is 0 Å². The van der Waals surface area contributed by atoms with Gasteiger partial charge in [0, 0.05) is 11.7 Å². The van der Waals surface area contributed by atoms with E-state index in [1.807, 2.05) is 31.2 Å². The van der Waals surface area contributed by atoms with Crippen LogP contribution in [0.2, 0.25) is 0 Å². The minimum atomic E-state index is -0.846. The number of esters is 1. The molecule has 1 aliphatic carbocycles. The molecule has 0 unspecified atom stereocenters. The minimum Gasteiger partial charge on any atom is -0.452 e. The molecule has 6 nitrogen and oxygen atoms in total. The Morgan fingerprint density at radius 2 is 1.79 bits per heavy atom. The Hall–Kier alpha value is -2.02. The monoisotopic (exact) mass is 420 g/mol. The molecule has 1 saturated carbocycles. The second-order valence-corrected chi connectivity index (χ2v) is 9.15. The van der Waals surface area contributed by atoms with Crippen LogP contribution in [0.1, 0.15) is 52.0 Å². The highest BCUT2D eigenvalue weighted by Crippen LogP contribution is 2.24. The molecule has 0 spiro atoms. The van der Waals surface area contributed by atoms with Crippen LogP contribution in [0.3, 0.4) is 0 Å². The van der Waals surface area contributed by atoms with E-state index < -0.39 is 17.3 Å². The lowest BCUT2D eigenvalue weighted by Gasteiger charge is -2.30. The van der Waals surface area contributed by atoms with Gasteiger partial charge in [-0.15, -0.1) is 11.8 Å². The summed E-state index contributed by atoms with van der Waals surface area (Å²) < 4.78 is 5.31. The molecule has 0 aromatic heterocycles. The number of carbonyl (C=O) groups excluding carboxylic acids is 3. The van der Waals surface area contributed by atoms with Crippen molar-refractivity contribution in [2.24, 2.45) is 5.92 Å². The van der Waals surface area contributed by atoms with E-state index >= 15 is 0 Å². The minimum absolute atomic E-state index is 0.129. The van der Waals surface area contributed by atoms with E-state index in [1.165, 1.54) is 18.2 Å². The standard InChI is InChI=1S/C22H32N2O4S/c1-14-9-11-18(12-10-14)23-20(25)13-29-17(4)22(27)28-16(3)21(26)24-19-8-6-5-7-15(19)2/h9-12,15-17,19H,5-8,13H2,1-4H3,(H,23,25)(H,24,26)/t15-,16+,17+,19-/m0/s1. The number of benzene rings is 1. The number of ether oxygens (including phenoxy) is 1. The number of anilines is 1. The molecule has 1 aromatic rings. The fraction of sp³-hybridized carbons (Fsp3) is 0.591. The lowest BCUT2D eigenvalue weighted by atomic mass is 9.86. The molecular formula is C22H32N2O4S. The van der Waals surface area contributed by atoms with Gasteiger partial charge in [0.15, 0.2) is 6.10 Å². The van der Waals surface area contributed by atoms with Crippen LogP contribution in [0.15, 0.2) is 24.3 Å². The Labute approximate surface area is 177 Å². The number of rotatable bonds is 8. The topological polar surface area (TPSA) is 84.5 Å². The highest BCUT2D eigenvalue weighted by Gasteiger charge is 2.27. The number of thioether (sulfide) groups is 1. The third kappa shape index (κ3) is 7.72. The van der Waals surface area contributed by atoms with Crippen LogP contribution in [-0.4, -0.2) is 40.9 Å². The molecule has 7 heteroatoms. The summed E-state index contributed by atoms with van der Waals surface area (Å²) in [6, 6.07) is 7.66. The Morgan fingerprint density at radius 3 is 2.45 bits per heavy atom. The van der Waals surface area contributed by atoms with E-state index in [9.17, 15) is 14.4 Å². The normalized spacial score (nSPS) is 21.0. The van der Waals surface area contributed by atoms with Crippen molar-refractivity contribution < 1.29 is 19.1 Å². The molecule has 0 saturated heterocycles. The summed E-state index contributed by atoms with van der Waals surface area (Å²) in [6.07, 6.45) is 3.54. The predicted molar refractivity (Wildman–Crippen MR) is 117 cm³/mol. The lowest BCUT2D eigenvalue weighted by Crippen LogP contribution is -2.46. The zero-order valence-electron chi connectivity index (χ0n) is 17.7. The van der Waals surface area contributed by atoms with Crippen LogP contribution in [0.4, 0.5) is 5.69 Å². The second kappa shape index (κ2) is 11.2. The number of carbonyl (C=O) groups is 3. The van der Waals surface area contributed by atoms with Gasteiger partial charge in [-0.2, -0.15) is 0 Å². The molecule has 29 heavy (non-hydrogen) atoms. The summed E-state index contributed by atoms with van der Waals surface area (Å²) in [5.41, 5.74) is 1.84. The fourth-order valence-electron chi connectivity index (χ4n) is 3.26. The molecule has 2 rings (SSSR count). The number of nitrogens with one attached hydrogen (secondary N) is 2. The van der Waals surface area contributed by atoms with Gasteiger partial charge in [0.2, 0.25) is 5.91 Å². The number of aryl methyl sites for hydroxylation is 1. The van der Waals surface area contributed by atoms with Crippen LogP contribution in [0.25, 0.3) is 0 Å². The molecule has 1 fully saturated rings. The first-order chi connectivity index (χ1) is 13.8. The average Bonchev–Trinajstić information content (AvgIpc) is 2.69. The highest BCUT2D eigenvalue weighted by atomic mass is 32.2. The van der Waals surface area contributed by atoms with Gasteiger partial charge in [-0.1, -0.05) is 37.5 Å². The molecule has 160 valence electrons. The first-order valence-electron chi connectivity index (χ1n) is 10.2. The molecule has 1 aromatic carbocycles. The first-order valence-corrected chi connectivity index (χ1v) is 11.3. The van der Waals surface area contributed by atoms with Crippen molar-refractivity contribution >= 4 is 35.2 Å². The summed E-state index contributed by atoms with van der Waals surface area (Å²) in [7, 11) is 0. The number of amides is 2. The largest absolute Gasteiger partial charge is 0.452 e. The number of hydrogen-bond acceptors (Lipinski definition) is 5. The van der Waals surface area contributed by atoms with Gasteiger partial charge in [-0.25, -0.2) is 0 Å². The van der Waals surface area contributed by atoms with Gasteiger partial charge in [-0.05, 0) is 51.7 Å². The summed E-state index contributed by atoms with van der Waals surface area (Å²) in [6.45, 7) is 7.38. The van der Waals surface area contributed by atoms with Crippen molar-refractivity contribution in [3.05, 3.63) is 29.8 Å². The zero-order chi connectivity index (χ0) is 21.4. The van der Waals surface area contributed by atoms with E-state index in [2.05, 4.69) is 17.6 Å². The summed E-state index contributed by atoms with van der Waals surface area (Å²) >= 11 is 1.19. The maximum absolute atomic E-state index is 12.3. The van der Waals surface area contributed by atoms with E-state index in [1.54, 1.807) is 13.8 Å². The first kappa shape index (κ1) is 23.3. The molecule has 0 heterocycles. The van der Waals surface area contributed by atoms with Crippen LogP contribution < -0.4 is 10.6 Å². The Kier molecular flexibility index (Phi) is 9.01. The molecule has 1 aliphatic rings. The predicted octanol–water partition coefficient (Wildman–Crippen LogP) is 3.68. The van der Waals surface area contributed by atoms with Crippen molar-refractivity contribution in [3.63, 3.8) is 0 Å². The van der Waals surface area contributed by atoms with Gasteiger partial charge in [0.25, 0.3) is 5.91 Å². The van der Waals surface area contributed by atoms with Crippen molar-refractivity contribution in [3.8, 4) is 0 Å². The van der Waals surface area contributed by atoms with E-state index in [0.29, 0.717) is 5.92 Å². The van der Waals surface area contributed by atoms with Crippen molar-refractivity contribution in [1.82, 2.24) is 5.32 Å². The Morgan fingerprint density at radius 1 is 1.14 bits per heavy atom.